The van der Waals surface area contributed by atoms with Crippen LogP contribution < -0.4 is 24.8 Å². The molecule has 0 saturated heterocycles. The van der Waals surface area contributed by atoms with Crippen molar-refractivity contribution < 1.29 is 27.4 Å². The van der Waals surface area contributed by atoms with Crippen LogP contribution in [0.4, 0.5) is 8.78 Å². The molecule has 2 heterocycles. The molecule has 2 aromatic carbocycles. The van der Waals surface area contributed by atoms with Gasteiger partial charge in [0.15, 0.2) is 23.2 Å². The third-order valence-electron chi connectivity index (χ3n) is 4.74. The maximum atomic E-state index is 12.8. The number of nitrogens with one attached hydrogen (secondary N) is 2. The first-order valence-electron chi connectivity index (χ1n) is 9.85. The second-order valence-corrected chi connectivity index (χ2v) is 6.96. The lowest BCUT2D eigenvalue weighted by molar-refractivity contribution is -0.0505. The Kier molecular flexibility index (Phi) is 6.39. The number of halogens is 2. The zero-order valence-corrected chi connectivity index (χ0v) is 17.5. The number of nitrogens with zero attached hydrogens (tertiary/aromatic N) is 2. The van der Waals surface area contributed by atoms with E-state index in [1.807, 2.05) is 31.2 Å². The number of alkyl halides is 2. The SMILES string of the molecule is CN=C(NCc1ncc(-c2ccc(C)cc2)o1)NCc1cc2c(cc1OC(F)F)OCO2. The molecule has 2 N–H and O–H groups in total. The van der Waals surface area contributed by atoms with Crippen molar-refractivity contribution in [2.24, 2.45) is 4.99 Å². The van der Waals surface area contributed by atoms with Crippen LogP contribution in [-0.4, -0.2) is 31.4 Å². The van der Waals surface area contributed by atoms with Crippen LogP contribution in [0.5, 0.6) is 17.2 Å². The monoisotopic (exact) mass is 444 g/mol. The summed E-state index contributed by atoms with van der Waals surface area (Å²) in [4.78, 5) is 8.42. The molecule has 1 aliphatic heterocycles. The number of hydrogen-bond acceptors (Lipinski definition) is 6. The normalized spacial score (nSPS) is 12.8. The van der Waals surface area contributed by atoms with Crippen molar-refractivity contribution in [3.63, 3.8) is 0 Å². The first-order chi connectivity index (χ1) is 15.5. The van der Waals surface area contributed by atoms with E-state index in [-0.39, 0.29) is 25.6 Å². The van der Waals surface area contributed by atoms with Crippen molar-refractivity contribution in [2.75, 3.05) is 13.8 Å². The molecule has 0 fully saturated rings. The van der Waals surface area contributed by atoms with Crippen LogP contribution >= 0.6 is 0 Å². The maximum Gasteiger partial charge on any atom is 0.387 e. The number of ether oxygens (including phenoxy) is 3. The number of oxazole rings is 1. The van der Waals surface area contributed by atoms with E-state index >= 15 is 0 Å². The number of guanidine groups is 1. The summed E-state index contributed by atoms with van der Waals surface area (Å²) in [7, 11) is 1.60. The van der Waals surface area contributed by atoms with Gasteiger partial charge in [-0.05, 0) is 13.0 Å². The summed E-state index contributed by atoms with van der Waals surface area (Å²) in [6, 6.07) is 10.9. The van der Waals surface area contributed by atoms with E-state index in [0.29, 0.717) is 34.7 Å². The smallest absolute Gasteiger partial charge is 0.387 e. The molecule has 0 unspecified atom stereocenters. The molecule has 1 aliphatic rings. The van der Waals surface area contributed by atoms with Gasteiger partial charge in [0.1, 0.15) is 5.75 Å². The quantitative estimate of drug-likeness (QED) is 0.423. The van der Waals surface area contributed by atoms with E-state index in [4.69, 9.17) is 13.9 Å². The molecule has 0 spiro atoms. The van der Waals surface area contributed by atoms with E-state index in [1.54, 1.807) is 19.3 Å². The highest BCUT2D eigenvalue weighted by Gasteiger charge is 2.20. The Hall–Kier alpha value is -3.82. The average molecular weight is 444 g/mol. The molecule has 168 valence electrons. The fourth-order valence-electron chi connectivity index (χ4n) is 3.11. The van der Waals surface area contributed by atoms with Crippen LogP contribution in [0.3, 0.4) is 0 Å². The summed E-state index contributed by atoms with van der Waals surface area (Å²) in [5.74, 6) is 2.41. The van der Waals surface area contributed by atoms with E-state index in [0.717, 1.165) is 11.1 Å². The Morgan fingerprint density at radius 3 is 2.56 bits per heavy atom. The summed E-state index contributed by atoms with van der Waals surface area (Å²) in [6.45, 7) is -0.459. The Balaban J connectivity index is 1.37. The van der Waals surface area contributed by atoms with Crippen molar-refractivity contribution >= 4 is 5.96 Å². The van der Waals surface area contributed by atoms with E-state index in [1.165, 1.54) is 6.07 Å². The van der Waals surface area contributed by atoms with Crippen molar-refractivity contribution in [2.45, 2.75) is 26.6 Å². The van der Waals surface area contributed by atoms with E-state index in [9.17, 15) is 8.78 Å². The van der Waals surface area contributed by atoms with Gasteiger partial charge >= 0.3 is 6.61 Å². The number of hydrogen-bond donors (Lipinski definition) is 2. The molecular weight excluding hydrogens is 422 g/mol. The summed E-state index contributed by atoms with van der Waals surface area (Å²) in [5.41, 5.74) is 2.57. The van der Waals surface area contributed by atoms with Gasteiger partial charge in [-0.2, -0.15) is 8.78 Å². The van der Waals surface area contributed by atoms with E-state index < -0.39 is 6.61 Å². The third-order valence-corrected chi connectivity index (χ3v) is 4.74. The van der Waals surface area contributed by atoms with Gasteiger partial charge in [-0.3, -0.25) is 4.99 Å². The van der Waals surface area contributed by atoms with Crippen LogP contribution in [0.15, 0.2) is 52.0 Å². The molecule has 0 radical (unpaired) electrons. The lowest BCUT2D eigenvalue weighted by Crippen LogP contribution is -2.36. The van der Waals surface area contributed by atoms with Gasteiger partial charge in [0.05, 0.1) is 12.7 Å². The number of fused-ring (bicyclic) bond motifs is 1. The van der Waals surface area contributed by atoms with Crippen LogP contribution in [-0.2, 0) is 13.1 Å². The predicted octanol–water partition coefficient (Wildman–Crippen LogP) is 3.85. The lowest BCUT2D eigenvalue weighted by atomic mass is 10.1. The highest BCUT2D eigenvalue weighted by atomic mass is 19.3. The van der Waals surface area contributed by atoms with Crippen LogP contribution in [0, 0.1) is 6.92 Å². The van der Waals surface area contributed by atoms with Crippen molar-refractivity contribution in [1.29, 1.82) is 0 Å². The molecule has 0 amide bonds. The largest absolute Gasteiger partial charge is 0.454 e. The Morgan fingerprint density at radius 2 is 1.84 bits per heavy atom. The molecule has 8 nitrogen and oxygen atoms in total. The molecule has 0 aliphatic carbocycles. The van der Waals surface area contributed by atoms with Crippen LogP contribution in [0.2, 0.25) is 0 Å². The lowest BCUT2D eigenvalue weighted by Gasteiger charge is -2.14. The Morgan fingerprint density at radius 1 is 1.12 bits per heavy atom. The second-order valence-electron chi connectivity index (χ2n) is 6.96. The molecule has 10 heteroatoms. The molecule has 3 aromatic rings. The number of aliphatic imine (C=N–C) groups is 1. The van der Waals surface area contributed by atoms with E-state index in [2.05, 4.69) is 25.3 Å². The van der Waals surface area contributed by atoms with Gasteiger partial charge in [0.25, 0.3) is 0 Å². The summed E-state index contributed by atoms with van der Waals surface area (Å²) < 4.78 is 46.6. The zero-order valence-electron chi connectivity index (χ0n) is 17.5. The zero-order chi connectivity index (χ0) is 22.5. The Labute approximate surface area is 183 Å². The maximum absolute atomic E-state index is 12.8. The highest BCUT2D eigenvalue weighted by Crippen LogP contribution is 2.38. The molecule has 32 heavy (non-hydrogen) atoms. The number of rotatable bonds is 7. The van der Waals surface area contributed by atoms with Gasteiger partial charge in [-0.15, -0.1) is 0 Å². The molecule has 0 bridgehead atoms. The van der Waals surface area contributed by atoms with Gasteiger partial charge in [0.2, 0.25) is 12.7 Å². The first-order valence-corrected chi connectivity index (χ1v) is 9.85. The predicted molar refractivity (Wildman–Crippen MR) is 113 cm³/mol. The summed E-state index contributed by atoms with van der Waals surface area (Å²) >= 11 is 0. The average Bonchev–Trinajstić information content (AvgIpc) is 3.43. The minimum Gasteiger partial charge on any atom is -0.454 e. The second kappa shape index (κ2) is 9.54. The number of aryl methyl sites for hydroxylation is 1. The third kappa shape index (κ3) is 5.08. The van der Waals surface area contributed by atoms with Crippen LogP contribution in [0.1, 0.15) is 17.0 Å². The minimum absolute atomic E-state index is 0.00245. The molecule has 4 rings (SSSR count). The molecular formula is C22H22F2N4O4. The molecule has 0 atom stereocenters. The number of benzene rings is 2. The molecule has 1 aromatic heterocycles. The van der Waals surface area contributed by atoms with Crippen molar-refractivity contribution in [3.05, 3.63) is 59.6 Å². The van der Waals surface area contributed by atoms with Gasteiger partial charge < -0.3 is 29.3 Å². The van der Waals surface area contributed by atoms with Gasteiger partial charge in [-0.25, -0.2) is 4.98 Å². The summed E-state index contributed by atoms with van der Waals surface area (Å²) in [6.07, 6.45) is 1.67. The summed E-state index contributed by atoms with van der Waals surface area (Å²) in [5, 5.41) is 6.13. The first kappa shape index (κ1) is 21.4. The van der Waals surface area contributed by atoms with Crippen LogP contribution in [0.25, 0.3) is 11.3 Å². The topological polar surface area (TPSA) is 90.1 Å². The Bertz CT molecular complexity index is 1100. The fraction of sp³-hybridized carbons (Fsp3) is 0.273. The standard InChI is InChI=1S/C22H22F2N4O4/c1-13-3-5-14(6-4-13)19-10-26-20(31-19)11-28-22(25-2)27-9-15-7-17-18(30-12-29-17)8-16(15)32-21(23)24/h3-8,10,21H,9,11-12H2,1-2H3,(H2,25,27,28). The van der Waals surface area contributed by atoms with Crippen molar-refractivity contribution in [1.82, 2.24) is 15.6 Å². The molecule has 0 saturated carbocycles. The van der Waals surface area contributed by atoms with Gasteiger partial charge in [0, 0.05) is 30.8 Å². The minimum atomic E-state index is -2.96. The fourth-order valence-corrected chi connectivity index (χ4v) is 3.11. The van der Waals surface area contributed by atoms with Gasteiger partial charge in [-0.1, -0.05) is 29.8 Å². The van der Waals surface area contributed by atoms with Crippen molar-refractivity contribution in [3.8, 4) is 28.6 Å². The highest BCUT2D eigenvalue weighted by molar-refractivity contribution is 5.79. The number of aromatic nitrogens is 1.